The van der Waals surface area contributed by atoms with Crippen LogP contribution in [0.2, 0.25) is 5.02 Å². The average molecular weight is 434 g/mol. The highest BCUT2D eigenvalue weighted by molar-refractivity contribution is 7.22. The van der Waals surface area contributed by atoms with Crippen LogP contribution in [0.1, 0.15) is 49.9 Å². The number of anilines is 1. The Morgan fingerprint density at radius 2 is 1.97 bits per heavy atom. The lowest BCUT2D eigenvalue weighted by molar-refractivity contribution is 0.0978. The number of carbonyl (C=O) groups excluding carboxylic acids is 1. The largest absolute Gasteiger partial charge is 0.302 e. The maximum atomic E-state index is 13.4. The molecule has 0 bridgehead atoms. The third-order valence-electron chi connectivity index (χ3n) is 5.00. The predicted octanol–water partition coefficient (Wildman–Crippen LogP) is 5.02. The molecule has 0 aliphatic rings. The molecule has 0 atom stereocenters. The first-order valence-electron chi connectivity index (χ1n) is 10.0. The summed E-state index contributed by atoms with van der Waals surface area (Å²) in [5.74, 6) is -0.130. The van der Waals surface area contributed by atoms with Gasteiger partial charge in [-0.05, 0) is 52.1 Å². The second-order valence-electron chi connectivity index (χ2n) is 7.28. The van der Waals surface area contributed by atoms with Crippen molar-refractivity contribution < 1.29 is 4.79 Å². The van der Waals surface area contributed by atoms with E-state index in [1.54, 1.807) is 4.90 Å². The summed E-state index contributed by atoms with van der Waals surface area (Å²) in [5, 5.41) is 5.81. The summed E-state index contributed by atoms with van der Waals surface area (Å²) in [6, 6.07) is 7.76. The second kappa shape index (κ2) is 9.24. The Bertz CT molecular complexity index is 992. The van der Waals surface area contributed by atoms with Crippen LogP contribution < -0.4 is 4.90 Å². The number of rotatable bonds is 8. The molecule has 156 valence electrons. The van der Waals surface area contributed by atoms with Crippen molar-refractivity contribution in [3.8, 4) is 0 Å². The Labute approximate surface area is 181 Å². The van der Waals surface area contributed by atoms with Crippen molar-refractivity contribution in [3.05, 3.63) is 40.7 Å². The quantitative estimate of drug-likeness (QED) is 0.500. The fraction of sp³-hybridized carbons (Fsp3) is 0.476. The Morgan fingerprint density at radius 1 is 1.24 bits per heavy atom. The summed E-state index contributed by atoms with van der Waals surface area (Å²) in [5.41, 5.74) is 2.15. The maximum Gasteiger partial charge on any atom is 0.280 e. The minimum atomic E-state index is -0.130. The lowest BCUT2D eigenvalue weighted by atomic mass is 10.3. The zero-order valence-electron chi connectivity index (χ0n) is 17.6. The summed E-state index contributed by atoms with van der Waals surface area (Å²) in [6.07, 6.45) is 0. The molecule has 2 aromatic heterocycles. The fourth-order valence-electron chi connectivity index (χ4n) is 3.34. The first-order valence-corrected chi connectivity index (χ1v) is 11.2. The molecule has 0 radical (unpaired) electrons. The van der Waals surface area contributed by atoms with Crippen molar-refractivity contribution in [2.75, 3.05) is 31.1 Å². The van der Waals surface area contributed by atoms with Crippen LogP contribution in [0.25, 0.3) is 10.2 Å². The van der Waals surface area contributed by atoms with Gasteiger partial charge in [-0.25, -0.2) is 4.98 Å². The van der Waals surface area contributed by atoms with E-state index in [1.165, 1.54) is 11.3 Å². The minimum Gasteiger partial charge on any atom is -0.302 e. The highest BCUT2D eigenvalue weighted by Gasteiger charge is 2.25. The van der Waals surface area contributed by atoms with Crippen LogP contribution in [0.4, 0.5) is 5.13 Å². The van der Waals surface area contributed by atoms with Crippen LogP contribution in [0.15, 0.2) is 24.3 Å². The standard InChI is InChI=1S/C21H28ClN5OS/c1-6-25(7-2)11-12-26(20(28)17-13-15(5)27(24-17)14(3)4)21-23-19-16(22)9-8-10-18(19)29-21/h8-10,13-14H,6-7,11-12H2,1-5H3. The predicted molar refractivity (Wildman–Crippen MR) is 121 cm³/mol. The molecule has 0 saturated carbocycles. The third-order valence-corrected chi connectivity index (χ3v) is 6.35. The summed E-state index contributed by atoms with van der Waals surface area (Å²) in [6.45, 7) is 13.5. The number of fused-ring (bicyclic) bond motifs is 1. The first-order chi connectivity index (χ1) is 13.8. The fourth-order valence-corrected chi connectivity index (χ4v) is 4.63. The van der Waals surface area contributed by atoms with Gasteiger partial charge in [0.25, 0.3) is 5.91 Å². The lowest BCUT2D eigenvalue weighted by Gasteiger charge is -2.24. The molecule has 8 heteroatoms. The van der Waals surface area contributed by atoms with E-state index < -0.39 is 0 Å². The molecular weight excluding hydrogens is 406 g/mol. The zero-order chi connectivity index (χ0) is 21.1. The van der Waals surface area contributed by atoms with Gasteiger partial charge >= 0.3 is 0 Å². The van der Waals surface area contributed by atoms with E-state index in [1.807, 2.05) is 35.9 Å². The summed E-state index contributed by atoms with van der Waals surface area (Å²) in [4.78, 5) is 22.2. The lowest BCUT2D eigenvalue weighted by Crippen LogP contribution is -2.39. The molecule has 6 nitrogen and oxygen atoms in total. The van der Waals surface area contributed by atoms with E-state index in [2.05, 4.69) is 37.7 Å². The smallest absolute Gasteiger partial charge is 0.280 e. The molecule has 0 aliphatic carbocycles. The molecule has 3 aromatic rings. The molecule has 3 rings (SSSR count). The van der Waals surface area contributed by atoms with Crippen molar-refractivity contribution in [1.82, 2.24) is 19.7 Å². The van der Waals surface area contributed by atoms with Gasteiger partial charge in [0.2, 0.25) is 0 Å². The maximum absolute atomic E-state index is 13.4. The van der Waals surface area contributed by atoms with Gasteiger partial charge < -0.3 is 4.90 Å². The molecule has 0 spiro atoms. The third kappa shape index (κ3) is 4.63. The highest BCUT2D eigenvalue weighted by atomic mass is 35.5. The number of benzene rings is 1. The topological polar surface area (TPSA) is 54.3 Å². The van der Waals surface area contributed by atoms with Gasteiger partial charge in [-0.2, -0.15) is 5.10 Å². The SMILES string of the molecule is CCN(CC)CCN(C(=O)c1cc(C)n(C(C)C)n1)c1nc2c(Cl)cccc2s1. The number of amides is 1. The number of aryl methyl sites for hydroxylation is 1. The van der Waals surface area contributed by atoms with E-state index >= 15 is 0 Å². The van der Waals surface area contributed by atoms with E-state index in [0.29, 0.717) is 22.4 Å². The monoisotopic (exact) mass is 433 g/mol. The zero-order valence-corrected chi connectivity index (χ0v) is 19.2. The molecule has 0 fully saturated rings. The number of thiazole rings is 1. The number of aromatic nitrogens is 3. The molecule has 2 heterocycles. The van der Waals surface area contributed by atoms with Gasteiger partial charge in [0.05, 0.1) is 9.72 Å². The van der Waals surface area contributed by atoms with Crippen molar-refractivity contribution in [2.24, 2.45) is 0 Å². The van der Waals surface area contributed by atoms with Crippen LogP contribution in [0.3, 0.4) is 0 Å². The Morgan fingerprint density at radius 3 is 2.55 bits per heavy atom. The van der Waals surface area contributed by atoms with Crippen LogP contribution in [0.5, 0.6) is 0 Å². The molecule has 29 heavy (non-hydrogen) atoms. The normalized spacial score (nSPS) is 11.7. The van der Waals surface area contributed by atoms with Gasteiger partial charge in [0, 0.05) is 24.8 Å². The van der Waals surface area contributed by atoms with Crippen LogP contribution in [-0.2, 0) is 0 Å². The molecule has 0 saturated heterocycles. The number of hydrogen-bond acceptors (Lipinski definition) is 5. The van der Waals surface area contributed by atoms with Crippen molar-refractivity contribution in [2.45, 2.75) is 40.7 Å². The number of halogens is 1. The Kier molecular flexibility index (Phi) is 6.93. The first kappa shape index (κ1) is 21.7. The minimum absolute atomic E-state index is 0.130. The Hall–Kier alpha value is -1.96. The van der Waals surface area contributed by atoms with Crippen LogP contribution in [0, 0.1) is 6.92 Å². The molecule has 1 aromatic carbocycles. The van der Waals surface area contributed by atoms with Gasteiger partial charge in [-0.15, -0.1) is 0 Å². The van der Waals surface area contributed by atoms with E-state index in [4.69, 9.17) is 16.6 Å². The molecule has 0 unspecified atom stereocenters. The van der Waals surface area contributed by atoms with Crippen molar-refractivity contribution in [1.29, 1.82) is 0 Å². The number of carbonyl (C=O) groups is 1. The average Bonchev–Trinajstić information content (AvgIpc) is 3.29. The van der Waals surface area contributed by atoms with Gasteiger partial charge in [0.1, 0.15) is 5.52 Å². The van der Waals surface area contributed by atoms with E-state index in [0.717, 1.165) is 35.5 Å². The second-order valence-corrected chi connectivity index (χ2v) is 8.69. The molecule has 0 aliphatic heterocycles. The summed E-state index contributed by atoms with van der Waals surface area (Å²) < 4.78 is 2.85. The van der Waals surface area contributed by atoms with Crippen LogP contribution >= 0.6 is 22.9 Å². The molecular formula is C21H28ClN5OS. The van der Waals surface area contributed by atoms with Gasteiger partial charge in [-0.3, -0.25) is 14.4 Å². The van der Waals surface area contributed by atoms with Crippen molar-refractivity contribution >= 4 is 44.2 Å². The van der Waals surface area contributed by atoms with E-state index in [9.17, 15) is 4.79 Å². The number of hydrogen-bond donors (Lipinski definition) is 0. The van der Waals surface area contributed by atoms with Gasteiger partial charge in [-0.1, -0.05) is 42.9 Å². The summed E-state index contributed by atoms with van der Waals surface area (Å²) in [7, 11) is 0. The van der Waals surface area contributed by atoms with Gasteiger partial charge in [0.15, 0.2) is 10.8 Å². The van der Waals surface area contributed by atoms with E-state index in [-0.39, 0.29) is 11.9 Å². The molecule has 1 amide bonds. The van der Waals surface area contributed by atoms with Crippen molar-refractivity contribution in [3.63, 3.8) is 0 Å². The highest BCUT2D eigenvalue weighted by Crippen LogP contribution is 2.33. The number of para-hydroxylation sites is 1. The number of likely N-dealkylation sites (N-methyl/N-ethyl adjacent to an activating group) is 1. The Balaban J connectivity index is 1.98. The summed E-state index contributed by atoms with van der Waals surface area (Å²) >= 11 is 7.80. The number of nitrogens with zero attached hydrogens (tertiary/aromatic N) is 5. The molecule has 0 N–H and O–H groups in total. The van der Waals surface area contributed by atoms with Crippen LogP contribution in [-0.4, -0.2) is 51.8 Å².